The number of allylic oxidation sites excluding steroid dienone is 4. The molecule has 308 valence electrons. The number of unbranched alkanes of at least 4 members (excludes halogenated alkanes) is 32. The molecule has 0 saturated heterocycles. The van der Waals surface area contributed by atoms with Crippen molar-refractivity contribution in [2.45, 2.75) is 270 Å². The van der Waals surface area contributed by atoms with Crippen LogP contribution in [0.1, 0.15) is 258 Å². The van der Waals surface area contributed by atoms with Crippen molar-refractivity contribution in [1.29, 1.82) is 0 Å². The Bertz CT molecular complexity index is 750. The zero-order valence-electron chi connectivity index (χ0n) is 35.3. The summed E-state index contributed by atoms with van der Waals surface area (Å²) in [6, 6.07) is -0.550. The summed E-state index contributed by atoms with van der Waals surface area (Å²) in [5.74, 6) is -0.0385. The fourth-order valence-electron chi connectivity index (χ4n) is 7.29. The van der Waals surface area contributed by atoms with Crippen LogP contribution in [0.25, 0.3) is 0 Å². The number of aliphatic hydroxyl groups excluding tert-OH is 2. The molecule has 0 unspecified atom stereocenters. The van der Waals surface area contributed by atoms with Crippen LogP contribution in [0.15, 0.2) is 24.3 Å². The lowest BCUT2D eigenvalue weighted by molar-refractivity contribution is -0.123. The lowest BCUT2D eigenvalue weighted by atomic mass is 10.0. The summed E-state index contributed by atoms with van der Waals surface area (Å²) < 4.78 is 0. The maximum Gasteiger partial charge on any atom is 0.220 e. The summed E-state index contributed by atoms with van der Waals surface area (Å²) in [5, 5.41) is 23.2. The first-order valence-corrected chi connectivity index (χ1v) is 23.5. The molecule has 3 N–H and O–H groups in total. The van der Waals surface area contributed by atoms with E-state index in [-0.39, 0.29) is 12.5 Å². The molecule has 0 fully saturated rings. The van der Waals surface area contributed by atoms with Crippen LogP contribution < -0.4 is 5.32 Å². The zero-order valence-corrected chi connectivity index (χ0v) is 35.3. The van der Waals surface area contributed by atoms with Gasteiger partial charge in [0.05, 0.1) is 18.8 Å². The third-order valence-electron chi connectivity index (χ3n) is 10.9. The fourth-order valence-corrected chi connectivity index (χ4v) is 7.29. The quantitative estimate of drug-likeness (QED) is 0.0432. The summed E-state index contributed by atoms with van der Waals surface area (Å²) in [4.78, 5) is 12.4. The lowest BCUT2D eigenvalue weighted by Crippen LogP contribution is -2.45. The predicted molar refractivity (Wildman–Crippen MR) is 230 cm³/mol. The molecule has 2 atom stereocenters. The van der Waals surface area contributed by atoms with E-state index in [1.165, 1.54) is 199 Å². The van der Waals surface area contributed by atoms with E-state index >= 15 is 0 Å². The molecule has 0 aliphatic rings. The van der Waals surface area contributed by atoms with Crippen molar-refractivity contribution in [2.24, 2.45) is 0 Å². The molecule has 0 aromatic rings. The van der Waals surface area contributed by atoms with Gasteiger partial charge in [0.25, 0.3) is 0 Å². The first-order chi connectivity index (χ1) is 25.7. The van der Waals surface area contributed by atoms with Crippen LogP contribution >= 0.6 is 0 Å². The number of carbonyl (C=O) groups excluding carboxylic acids is 1. The van der Waals surface area contributed by atoms with Gasteiger partial charge in [0.15, 0.2) is 0 Å². The minimum absolute atomic E-state index is 0.0385. The van der Waals surface area contributed by atoms with Gasteiger partial charge in [-0.05, 0) is 64.2 Å². The van der Waals surface area contributed by atoms with Crippen molar-refractivity contribution in [3.63, 3.8) is 0 Å². The number of amides is 1. The maximum absolute atomic E-state index is 12.4. The average Bonchev–Trinajstić information content (AvgIpc) is 3.15. The summed E-state index contributed by atoms with van der Waals surface area (Å²) >= 11 is 0. The van der Waals surface area contributed by atoms with Gasteiger partial charge >= 0.3 is 0 Å². The molecular formula is C48H93NO3. The second-order valence-corrected chi connectivity index (χ2v) is 16.2. The van der Waals surface area contributed by atoms with Gasteiger partial charge in [-0.3, -0.25) is 4.79 Å². The van der Waals surface area contributed by atoms with Crippen molar-refractivity contribution in [3.05, 3.63) is 24.3 Å². The molecule has 0 radical (unpaired) electrons. The van der Waals surface area contributed by atoms with Gasteiger partial charge < -0.3 is 15.5 Å². The Hall–Kier alpha value is -1.13. The number of carbonyl (C=O) groups is 1. The van der Waals surface area contributed by atoms with Gasteiger partial charge in [-0.2, -0.15) is 0 Å². The Morgan fingerprint density at radius 1 is 0.442 bits per heavy atom. The number of hydrogen-bond acceptors (Lipinski definition) is 3. The van der Waals surface area contributed by atoms with E-state index in [0.717, 1.165) is 32.1 Å². The van der Waals surface area contributed by atoms with E-state index < -0.39 is 12.1 Å². The highest BCUT2D eigenvalue weighted by Crippen LogP contribution is 2.16. The van der Waals surface area contributed by atoms with E-state index in [0.29, 0.717) is 12.8 Å². The molecule has 0 saturated carbocycles. The Morgan fingerprint density at radius 3 is 1.06 bits per heavy atom. The van der Waals surface area contributed by atoms with Crippen molar-refractivity contribution in [3.8, 4) is 0 Å². The largest absolute Gasteiger partial charge is 0.394 e. The first kappa shape index (κ1) is 50.9. The highest BCUT2D eigenvalue weighted by Gasteiger charge is 2.19. The summed E-state index contributed by atoms with van der Waals surface area (Å²) in [7, 11) is 0. The van der Waals surface area contributed by atoms with Crippen LogP contribution in [0.2, 0.25) is 0 Å². The average molecular weight is 732 g/mol. The van der Waals surface area contributed by atoms with Crippen LogP contribution in [0.3, 0.4) is 0 Å². The minimum atomic E-state index is -0.680. The second-order valence-electron chi connectivity index (χ2n) is 16.2. The lowest BCUT2D eigenvalue weighted by Gasteiger charge is -2.22. The Labute approximate surface area is 326 Å². The Balaban J connectivity index is 3.50. The SMILES string of the molecule is CCCCCCCC/C=C/CCCCCCCCCCCCCCCC(=O)N[C@@H](CO)[C@H](O)CCCC/C=C/CCCCCCCCCCCCC. The van der Waals surface area contributed by atoms with Gasteiger partial charge in [-0.15, -0.1) is 0 Å². The van der Waals surface area contributed by atoms with Crippen LogP contribution in [0.4, 0.5) is 0 Å². The molecule has 0 aliphatic heterocycles. The third kappa shape index (κ3) is 40.1. The summed E-state index contributed by atoms with van der Waals surface area (Å²) in [6.07, 6.45) is 57.0. The van der Waals surface area contributed by atoms with Gasteiger partial charge in [0.2, 0.25) is 5.91 Å². The summed E-state index contributed by atoms with van der Waals surface area (Å²) in [5.41, 5.74) is 0. The molecule has 0 rings (SSSR count). The number of hydrogen-bond donors (Lipinski definition) is 3. The topological polar surface area (TPSA) is 69.6 Å². The van der Waals surface area contributed by atoms with Gasteiger partial charge in [0, 0.05) is 6.42 Å². The second kappa shape index (κ2) is 44.3. The highest BCUT2D eigenvalue weighted by molar-refractivity contribution is 5.76. The first-order valence-electron chi connectivity index (χ1n) is 23.5. The number of aliphatic hydroxyl groups is 2. The van der Waals surface area contributed by atoms with Crippen molar-refractivity contribution < 1.29 is 15.0 Å². The monoisotopic (exact) mass is 732 g/mol. The zero-order chi connectivity index (χ0) is 37.8. The van der Waals surface area contributed by atoms with Crippen LogP contribution in [-0.2, 0) is 4.79 Å². The molecule has 0 bridgehead atoms. The maximum atomic E-state index is 12.4. The van der Waals surface area contributed by atoms with E-state index in [9.17, 15) is 15.0 Å². The molecule has 52 heavy (non-hydrogen) atoms. The molecule has 1 amide bonds. The summed E-state index contributed by atoms with van der Waals surface area (Å²) in [6.45, 7) is 4.36. The van der Waals surface area contributed by atoms with Gasteiger partial charge in [-0.1, -0.05) is 212 Å². The molecule has 0 spiro atoms. The molecule has 0 aromatic carbocycles. The third-order valence-corrected chi connectivity index (χ3v) is 10.9. The standard InChI is InChI=1S/C48H93NO3/c1-3-5-7-9-11-13-15-17-19-21-22-23-24-25-26-28-30-32-34-36-38-40-42-44-48(52)49-46(45-50)47(51)43-41-39-37-35-33-31-29-27-20-18-16-14-12-10-8-6-4-2/h17,19,33,35,46-47,50-51H,3-16,18,20-32,34,36-45H2,1-2H3,(H,49,52)/b19-17+,35-33+/t46-,47+/m0/s1. The molecule has 4 heteroatoms. The van der Waals surface area contributed by atoms with E-state index in [4.69, 9.17) is 0 Å². The molecule has 0 aromatic heterocycles. The van der Waals surface area contributed by atoms with Gasteiger partial charge in [-0.25, -0.2) is 0 Å². The fraction of sp³-hybridized carbons (Fsp3) is 0.896. The Kier molecular flexibility index (Phi) is 43.3. The number of nitrogens with one attached hydrogen (secondary N) is 1. The highest BCUT2D eigenvalue weighted by atomic mass is 16.3. The van der Waals surface area contributed by atoms with E-state index in [2.05, 4.69) is 43.5 Å². The normalized spacial score (nSPS) is 13.1. The van der Waals surface area contributed by atoms with Gasteiger partial charge in [0.1, 0.15) is 0 Å². The van der Waals surface area contributed by atoms with Crippen LogP contribution in [0.5, 0.6) is 0 Å². The molecule has 0 aliphatic carbocycles. The number of rotatable bonds is 43. The molecular weight excluding hydrogens is 639 g/mol. The van der Waals surface area contributed by atoms with Crippen molar-refractivity contribution in [1.82, 2.24) is 5.32 Å². The van der Waals surface area contributed by atoms with Crippen molar-refractivity contribution in [2.75, 3.05) is 6.61 Å². The molecule has 4 nitrogen and oxygen atoms in total. The molecule has 0 heterocycles. The van der Waals surface area contributed by atoms with Crippen LogP contribution in [0, 0.1) is 0 Å². The van der Waals surface area contributed by atoms with E-state index in [1.807, 2.05) is 0 Å². The predicted octanol–water partition coefficient (Wildman–Crippen LogP) is 14.8. The van der Waals surface area contributed by atoms with Crippen molar-refractivity contribution >= 4 is 5.91 Å². The van der Waals surface area contributed by atoms with E-state index in [1.54, 1.807) is 0 Å². The minimum Gasteiger partial charge on any atom is -0.394 e. The smallest absolute Gasteiger partial charge is 0.220 e. The Morgan fingerprint density at radius 2 is 0.731 bits per heavy atom. The van der Waals surface area contributed by atoms with Crippen LogP contribution in [-0.4, -0.2) is 34.9 Å².